The maximum Gasteiger partial charge on any atom is 0.137 e. The van der Waals surface area contributed by atoms with Gasteiger partial charge in [0.1, 0.15) is 18.3 Å². The molecule has 1 aromatic heterocycles. The topological polar surface area (TPSA) is 50.9 Å². The number of aliphatic hydroxyl groups is 1. The van der Waals surface area contributed by atoms with E-state index in [1.165, 1.54) is 6.33 Å². The number of aromatic nitrogens is 3. The van der Waals surface area contributed by atoms with Crippen molar-refractivity contribution in [2.45, 2.75) is 37.3 Å². The highest BCUT2D eigenvalue weighted by Gasteiger charge is 2.43. The minimum Gasteiger partial charge on any atom is -0.383 e. The van der Waals surface area contributed by atoms with E-state index in [1.54, 1.807) is 29.2 Å². The molecule has 0 aliphatic heterocycles. The summed E-state index contributed by atoms with van der Waals surface area (Å²) in [7, 11) is 0. The van der Waals surface area contributed by atoms with Crippen LogP contribution >= 0.6 is 23.2 Å². The Balaban J connectivity index is 2.09. The van der Waals surface area contributed by atoms with Gasteiger partial charge in [0.15, 0.2) is 0 Å². The molecule has 1 saturated carbocycles. The molecule has 2 aromatic rings. The third kappa shape index (κ3) is 2.32. The quantitative estimate of drug-likeness (QED) is 0.922. The van der Waals surface area contributed by atoms with Gasteiger partial charge in [0.05, 0.1) is 6.04 Å². The molecule has 0 radical (unpaired) electrons. The highest BCUT2D eigenvalue weighted by molar-refractivity contribution is 6.33. The number of halogens is 2. The monoisotopic (exact) mass is 311 g/mol. The molecule has 2 atom stereocenters. The molecule has 1 N–H and O–H groups in total. The first-order chi connectivity index (χ1) is 9.61. The molecule has 0 bridgehead atoms. The first-order valence-corrected chi connectivity index (χ1v) is 7.39. The second-order valence-corrected chi connectivity index (χ2v) is 6.03. The van der Waals surface area contributed by atoms with Crippen LogP contribution in [-0.4, -0.2) is 19.9 Å². The molecule has 106 valence electrons. The summed E-state index contributed by atoms with van der Waals surface area (Å²) in [5.41, 5.74) is -0.389. The SMILES string of the molecule is O[C@]1(c2cc(Cl)ccc2Cl)CCCC[C@H]1n1cncn1. The zero-order valence-electron chi connectivity index (χ0n) is 10.8. The Bertz CT molecular complexity index is 602. The van der Waals surface area contributed by atoms with Crippen LogP contribution in [0.25, 0.3) is 0 Å². The fourth-order valence-corrected chi connectivity index (χ4v) is 3.46. The lowest BCUT2D eigenvalue weighted by Gasteiger charge is -2.40. The Morgan fingerprint density at radius 2 is 2.15 bits per heavy atom. The van der Waals surface area contributed by atoms with Crippen LogP contribution in [0.2, 0.25) is 10.0 Å². The van der Waals surface area contributed by atoms with Crippen LogP contribution in [0.15, 0.2) is 30.9 Å². The van der Waals surface area contributed by atoms with E-state index in [9.17, 15) is 5.11 Å². The van der Waals surface area contributed by atoms with Gasteiger partial charge in [-0.2, -0.15) is 5.10 Å². The summed E-state index contributed by atoms with van der Waals surface area (Å²) >= 11 is 12.3. The normalized spacial score (nSPS) is 26.6. The number of benzene rings is 1. The summed E-state index contributed by atoms with van der Waals surface area (Å²) < 4.78 is 1.72. The van der Waals surface area contributed by atoms with Crippen LogP contribution in [0, 0.1) is 0 Å². The van der Waals surface area contributed by atoms with Crippen LogP contribution in [0.1, 0.15) is 37.3 Å². The van der Waals surface area contributed by atoms with Crippen molar-refractivity contribution >= 4 is 23.2 Å². The minimum absolute atomic E-state index is 0.172. The van der Waals surface area contributed by atoms with Crippen molar-refractivity contribution in [3.05, 3.63) is 46.5 Å². The van der Waals surface area contributed by atoms with E-state index in [-0.39, 0.29) is 6.04 Å². The lowest BCUT2D eigenvalue weighted by atomic mass is 9.75. The van der Waals surface area contributed by atoms with Crippen molar-refractivity contribution < 1.29 is 5.11 Å². The zero-order chi connectivity index (χ0) is 14.2. The number of hydrogen-bond donors (Lipinski definition) is 1. The van der Waals surface area contributed by atoms with Gasteiger partial charge in [-0.25, -0.2) is 9.67 Å². The van der Waals surface area contributed by atoms with Gasteiger partial charge in [0, 0.05) is 15.6 Å². The lowest BCUT2D eigenvalue weighted by Crippen LogP contribution is -2.40. The first-order valence-electron chi connectivity index (χ1n) is 6.63. The number of hydrogen-bond acceptors (Lipinski definition) is 3. The van der Waals surface area contributed by atoms with Crippen LogP contribution in [0.5, 0.6) is 0 Å². The molecule has 1 fully saturated rings. The Hall–Kier alpha value is -1.10. The van der Waals surface area contributed by atoms with Gasteiger partial charge in [0.2, 0.25) is 0 Å². The van der Waals surface area contributed by atoms with E-state index in [0.29, 0.717) is 22.0 Å². The average molecular weight is 312 g/mol. The van der Waals surface area contributed by atoms with E-state index in [2.05, 4.69) is 10.1 Å². The van der Waals surface area contributed by atoms with Crippen molar-refractivity contribution in [2.75, 3.05) is 0 Å². The van der Waals surface area contributed by atoms with Gasteiger partial charge in [-0.05, 0) is 31.0 Å². The summed E-state index contributed by atoms with van der Waals surface area (Å²) in [6.45, 7) is 0. The van der Waals surface area contributed by atoms with E-state index in [4.69, 9.17) is 23.2 Å². The van der Waals surface area contributed by atoms with Crippen molar-refractivity contribution in [2.24, 2.45) is 0 Å². The van der Waals surface area contributed by atoms with Gasteiger partial charge in [0.25, 0.3) is 0 Å². The molecule has 6 heteroatoms. The fraction of sp³-hybridized carbons (Fsp3) is 0.429. The predicted molar refractivity (Wildman–Crippen MR) is 77.9 cm³/mol. The third-order valence-corrected chi connectivity index (χ3v) is 4.55. The van der Waals surface area contributed by atoms with Crippen molar-refractivity contribution in [3.63, 3.8) is 0 Å². The molecule has 20 heavy (non-hydrogen) atoms. The van der Waals surface area contributed by atoms with Gasteiger partial charge < -0.3 is 5.11 Å². The Labute approximate surface area is 127 Å². The van der Waals surface area contributed by atoms with E-state index in [0.717, 1.165) is 19.3 Å². The Kier molecular flexibility index (Phi) is 3.71. The van der Waals surface area contributed by atoms with Gasteiger partial charge in [-0.3, -0.25) is 0 Å². The maximum absolute atomic E-state index is 11.2. The molecule has 0 unspecified atom stereocenters. The Morgan fingerprint density at radius 3 is 2.90 bits per heavy atom. The van der Waals surface area contributed by atoms with Crippen molar-refractivity contribution in [3.8, 4) is 0 Å². The summed E-state index contributed by atoms with van der Waals surface area (Å²) in [5, 5.41) is 16.5. The molecule has 1 aliphatic rings. The first kappa shape index (κ1) is 13.9. The van der Waals surface area contributed by atoms with Crippen LogP contribution in [-0.2, 0) is 5.60 Å². The second-order valence-electron chi connectivity index (χ2n) is 5.19. The molecule has 1 aromatic carbocycles. The molecular formula is C14H15Cl2N3O. The summed E-state index contributed by atoms with van der Waals surface area (Å²) in [5.74, 6) is 0. The van der Waals surface area contributed by atoms with E-state index >= 15 is 0 Å². The highest BCUT2D eigenvalue weighted by atomic mass is 35.5. The molecule has 0 spiro atoms. The minimum atomic E-state index is -1.06. The average Bonchev–Trinajstić information content (AvgIpc) is 2.96. The Morgan fingerprint density at radius 1 is 1.30 bits per heavy atom. The van der Waals surface area contributed by atoms with Gasteiger partial charge in [-0.15, -0.1) is 0 Å². The zero-order valence-corrected chi connectivity index (χ0v) is 12.3. The molecule has 0 amide bonds. The molecule has 3 rings (SSSR count). The summed E-state index contributed by atoms with van der Waals surface area (Å²) in [6, 6.07) is 5.03. The molecule has 4 nitrogen and oxygen atoms in total. The maximum atomic E-state index is 11.2. The standard InChI is InChI=1S/C14H15Cl2N3O/c15-10-4-5-12(16)11(7-10)14(20)6-2-1-3-13(14)19-9-17-8-18-19/h4-5,7-9,13,20H,1-3,6H2/t13-,14+/m1/s1. The fourth-order valence-electron chi connectivity index (χ4n) is 3.01. The second kappa shape index (κ2) is 5.35. The van der Waals surface area contributed by atoms with Crippen LogP contribution < -0.4 is 0 Å². The van der Waals surface area contributed by atoms with Crippen molar-refractivity contribution in [1.82, 2.24) is 14.8 Å². The van der Waals surface area contributed by atoms with Crippen LogP contribution in [0.4, 0.5) is 0 Å². The number of rotatable bonds is 2. The molecular weight excluding hydrogens is 297 g/mol. The predicted octanol–water partition coefficient (Wildman–Crippen LogP) is 3.59. The largest absolute Gasteiger partial charge is 0.383 e. The van der Waals surface area contributed by atoms with Gasteiger partial charge >= 0.3 is 0 Å². The lowest BCUT2D eigenvalue weighted by molar-refractivity contribution is -0.0515. The van der Waals surface area contributed by atoms with E-state index < -0.39 is 5.60 Å². The molecule has 0 saturated heterocycles. The third-order valence-electron chi connectivity index (χ3n) is 3.99. The van der Waals surface area contributed by atoms with Crippen molar-refractivity contribution in [1.29, 1.82) is 0 Å². The van der Waals surface area contributed by atoms with Crippen LogP contribution in [0.3, 0.4) is 0 Å². The highest BCUT2D eigenvalue weighted by Crippen LogP contribution is 2.46. The molecule has 1 aliphatic carbocycles. The summed E-state index contributed by atoms with van der Waals surface area (Å²) in [4.78, 5) is 3.98. The van der Waals surface area contributed by atoms with E-state index in [1.807, 2.05) is 0 Å². The van der Waals surface area contributed by atoms with Gasteiger partial charge in [-0.1, -0.05) is 36.0 Å². The smallest absolute Gasteiger partial charge is 0.137 e. The summed E-state index contributed by atoms with van der Waals surface area (Å²) in [6.07, 6.45) is 6.59. The number of nitrogens with zero attached hydrogens (tertiary/aromatic N) is 3. The molecule has 1 heterocycles.